The van der Waals surface area contributed by atoms with Gasteiger partial charge in [0.15, 0.2) is 11.5 Å². The first kappa shape index (κ1) is 12.3. The van der Waals surface area contributed by atoms with E-state index in [1.165, 1.54) is 6.92 Å². The van der Waals surface area contributed by atoms with Crippen molar-refractivity contribution in [2.24, 2.45) is 0 Å². The summed E-state index contributed by atoms with van der Waals surface area (Å²) in [5.41, 5.74) is 6.31. The summed E-state index contributed by atoms with van der Waals surface area (Å²) in [6, 6.07) is 5.37. The van der Waals surface area contributed by atoms with E-state index in [1.807, 2.05) is 0 Å². The molecule has 1 aliphatic heterocycles. The Hall–Kier alpha value is -2.77. The summed E-state index contributed by atoms with van der Waals surface area (Å²) in [7, 11) is 0. The van der Waals surface area contributed by atoms with Gasteiger partial charge in [0.25, 0.3) is 0 Å². The van der Waals surface area contributed by atoms with Crippen LogP contribution in [0.5, 0.6) is 11.5 Å². The Morgan fingerprint density at radius 2 is 2.10 bits per heavy atom. The normalized spacial score (nSPS) is 13.1. The van der Waals surface area contributed by atoms with Crippen LogP contribution >= 0.6 is 0 Å². The average molecular weight is 275 g/mol. The van der Waals surface area contributed by atoms with Crippen LogP contribution < -0.4 is 20.5 Å². The van der Waals surface area contributed by atoms with Crippen molar-refractivity contribution in [2.75, 3.05) is 24.3 Å². The lowest BCUT2D eigenvalue weighted by Crippen LogP contribution is -2.15. The number of carbonyl (C=O) groups excluding carboxylic acids is 1. The second-order valence-corrected chi connectivity index (χ2v) is 4.21. The van der Waals surface area contributed by atoms with E-state index < -0.39 is 0 Å². The van der Waals surface area contributed by atoms with E-state index in [-0.39, 0.29) is 17.8 Å². The summed E-state index contributed by atoms with van der Waals surface area (Å²) >= 11 is 0. The zero-order chi connectivity index (χ0) is 14.1. The number of rotatable bonds is 2. The third-order valence-electron chi connectivity index (χ3n) is 2.73. The summed E-state index contributed by atoms with van der Waals surface area (Å²) in [5, 5.41) is 6.92. The number of nitrogen functional groups attached to an aromatic ring is 1. The number of anilines is 3. The number of carbonyl (C=O) groups is 1. The first-order chi connectivity index (χ1) is 9.63. The molecule has 1 aromatic heterocycles. The molecule has 1 aliphatic rings. The van der Waals surface area contributed by atoms with Gasteiger partial charge in [-0.05, 0) is 12.1 Å². The zero-order valence-corrected chi connectivity index (χ0v) is 10.8. The molecule has 3 rings (SSSR count). The number of nitrogens with zero attached hydrogens (tertiary/aromatic N) is 3. The number of nitrogens with two attached hydrogens (primary N) is 1. The van der Waals surface area contributed by atoms with Gasteiger partial charge in [-0.3, -0.25) is 4.79 Å². The molecule has 2 aromatic rings. The van der Waals surface area contributed by atoms with Gasteiger partial charge in [-0.25, -0.2) is 0 Å². The maximum absolute atomic E-state index is 11.2. The maximum Gasteiger partial charge on any atom is 0.248 e. The van der Waals surface area contributed by atoms with Crippen molar-refractivity contribution in [3.63, 3.8) is 0 Å². The first-order valence-corrected chi connectivity index (χ1v) is 6.03. The average Bonchev–Trinajstić information content (AvgIpc) is 2.79. The van der Waals surface area contributed by atoms with Crippen LogP contribution in [-0.4, -0.2) is 33.9 Å². The Kier molecular flexibility index (Phi) is 2.90. The highest BCUT2D eigenvalue weighted by molar-refractivity contribution is 5.78. The molecular weight excluding hydrogens is 262 g/mol. The fourth-order valence-electron chi connectivity index (χ4n) is 1.86. The highest BCUT2D eigenvalue weighted by atomic mass is 16.6. The minimum absolute atomic E-state index is 0.0394. The van der Waals surface area contributed by atoms with E-state index in [4.69, 9.17) is 15.2 Å². The highest BCUT2D eigenvalue weighted by Crippen LogP contribution is 2.33. The number of benzene rings is 1. The molecule has 104 valence electrons. The van der Waals surface area contributed by atoms with Gasteiger partial charge in [0.05, 0.1) is 0 Å². The van der Waals surface area contributed by atoms with Crippen LogP contribution in [0.15, 0.2) is 18.2 Å². The first-order valence-electron chi connectivity index (χ1n) is 6.03. The molecule has 0 atom stereocenters. The maximum atomic E-state index is 11.2. The lowest BCUT2D eigenvalue weighted by atomic mass is 10.2. The second-order valence-electron chi connectivity index (χ2n) is 4.21. The van der Waals surface area contributed by atoms with Crippen molar-refractivity contribution in [1.29, 1.82) is 0 Å². The summed E-state index contributed by atoms with van der Waals surface area (Å²) in [5.74, 6) is 1.33. The number of fused-ring (bicyclic) bond motifs is 1. The molecule has 0 unspecified atom stereocenters. The van der Waals surface area contributed by atoms with Gasteiger partial charge in [-0.15, -0.1) is 5.10 Å². The molecular formula is C12H13N5O3. The van der Waals surface area contributed by atoms with E-state index in [0.29, 0.717) is 24.7 Å². The van der Waals surface area contributed by atoms with Crippen LogP contribution in [0.25, 0.3) is 0 Å². The predicted molar refractivity (Wildman–Crippen MR) is 71.4 cm³/mol. The molecule has 8 nitrogen and oxygen atoms in total. The minimum Gasteiger partial charge on any atom is -0.486 e. The Labute approximate surface area is 114 Å². The molecule has 8 heteroatoms. The standard InChI is InChI=1S/C12H13N5O3/c1-7(18)17-11(13)15-12(16-17)14-8-2-3-9-10(6-8)20-5-4-19-9/h2-3,6H,4-5H2,1H3,(H3,13,14,15,16). The molecule has 0 saturated carbocycles. The molecule has 0 saturated heterocycles. The second kappa shape index (κ2) is 4.72. The number of hydrogen-bond donors (Lipinski definition) is 2. The summed E-state index contributed by atoms with van der Waals surface area (Å²) in [6.45, 7) is 2.42. The van der Waals surface area contributed by atoms with Gasteiger partial charge in [-0.2, -0.15) is 9.67 Å². The quantitative estimate of drug-likeness (QED) is 0.843. The molecule has 0 aliphatic carbocycles. The van der Waals surface area contributed by atoms with Crippen molar-refractivity contribution in [3.05, 3.63) is 18.2 Å². The summed E-state index contributed by atoms with van der Waals surface area (Å²) in [4.78, 5) is 15.2. The Balaban J connectivity index is 1.84. The van der Waals surface area contributed by atoms with Crippen LogP contribution in [0.4, 0.5) is 17.6 Å². The lowest BCUT2D eigenvalue weighted by molar-refractivity contribution is 0.0924. The van der Waals surface area contributed by atoms with Crippen molar-refractivity contribution < 1.29 is 14.3 Å². The number of aromatic nitrogens is 3. The molecule has 20 heavy (non-hydrogen) atoms. The van der Waals surface area contributed by atoms with Gasteiger partial charge >= 0.3 is 0 Å². The van der Waals surface area contributed by atoms with Gasteiger partial charge in [0, 0.05) is 18.7 Å². The molecule has 0 fully saturated rings. The van der Waals surface area contributed by atoms with E-state index in [0.717, 1.165) is 10.4 Å². The van der Waals surface area contributed by atoms with Gasteiger partial charge in [0.2, 0.25) is 17.8 Å². The van der Waals surface area contributed by atoms with E-state index in [2.05, 4.69) is 15.4 Å². The van der Waals surface area contributed by atoms with Gasteiger partial charge in [-0.1, -0.05) is 0 Å². The number of ether oxygens (including phenoxy) is 2. The van der Waals surface area contributed by atoms with Crippen molar-refractivity contribution in [1.82, 2.24) is 14.8 Å². The van der Waals surface area contributed by atoms with Crippen molar-refractivity contribution in [2.45, 2.75) is 6.92 Å². The van der Waals surface area contributed by atoms with Crippen molar-refractivity contribution in [3.8, 4) is 11.5 Å². The van der Waals surface area contributed by atoms with Crippen LogP contribution in [0, 0.1) is 0 Å². The Bertz CT molecular complexity index is 667. The van der Waals surface area contributed by atoms with Crippen LogP contribution in [0.2, 0.25) is 0 Å². The molecule has 3 N–H and O–H groups in total. The SMILES string of the molecule is CC(=O)n1nc(Nc2ccc3c(c2)OCCO3)nc1N. The predicted octanol–water partition coefficient (Wildman–Crippen LogP) is 1.04. The van der Waals surface area contributed by atoms with E-state index in [9.17, 15) is 4.79 Å². The topological polar surface area (TPSA) is 104 Å². The van der Waals surface area contributed by atoms with E-state index >= 15 is 0 Å². The Morgan fingerprint density at radius 3 is 2.80 bits per heavy atom. The summed E-state index contributed by atoms with van der Waals surface area (Å²) in [6.07, 6.45) is 0. The van der Waals surface area contributed by atoms with E-state index in [1.54, 1.807) is 18.2 Å². The van der Waals surface area contributed by atoms with Crippen LogP contribution in [0.1, 0.15) is 11.7 Å². The third-order valence-corrected chi connectivity index (χ3v) is 2.73. The molecule has 1 aromatic carbocycles. The molecule has 0 spiro atoms. The smallest absolute Gasteiger partial charge is 0.248 e. The molecule has 2 heterocycles. The highest BCUT2D eigenvalue weighted by Gasteiger charge is 2.14. The summed E-state index contributed by atoms with van der Waals surface area (Å²) < 4.78 is 11.9. The molecule has 0 bridgehead atoms. The minimum atomic E-state index is -0.301. The monoisotopic (exact) mass is 275 g/mol. The van der Waals surface area contributed by atoms with Crippen LogP contribution in [0.3, 0.4) is 0 Å². The van der Waals surface area contributed by atoms with Gasteiger partial charge in [0.1, 0.15) is 13.2 Å². The van der Waals surface area contributed by atoms with Gasteiger partial charge < -0.3 is 20.5 Å². The molecule has 0 radical (unpaired) electrons. The fraction of sp³-hybridized carbons (Fsp3) is 0.250. The number of nitrogens with one attached hydrogen (secondary N) is 1. The largest absolute Gasteiger partial charge is 0.486 e. The fourth-order valence-corrected chi connectivity index (χ4v) is 1.86. The van der Waals surface area contributed by atoms with Crippen molar-refractivity contribution >= 4 is 23.5 Å². The lowest BCUT2D eigenvalue weighted by Gasteiger charge is -2.18. The zero-order valence-electron chi connectivity index (χ0n) is 10.8. The third kappa shape index (κ3) is 2.22. The molecule has 0 amide bonds. The number of hydrogen-bond acceptors (Lipinski definition) is 7. The Morgan fingerprint density at radius 1 is 1.35 bits per heavy atom. The van der Waals surface area contributed by atoms with Crippen LogP contribution in [-0.2, 0) is 0 Å².